The van der Waals surface area contributed by atoms with Gasteiger partial charge in [0.25, 0.3) is 0 Å². The first-order chi connectivity index (χ1) is 6.70. The molecule has 0 heterocycles. The van der Waals surface area contributed by atoms with Crippen molar-refractivity contribution in [3.05, 3.63) is 35.6 Å². The lowest BCUT2D eigenvalue weighted by atomic mass is 10.00. The molecule has 0 aliphatic rings. The summed E-state index contributed by atoms with van der Waals surface area (Å²) in [6.07, 6.45) is 0. The van der Waals surface area contributed by atoms with E-state index in [2.05, 4.69) is 5.32 Å². The van der Waals surface area contributed by atoms with Crippen molar-refractivity contribution in [2.24, 2.45) is 5.73 Å². The van der Waals surface area contributed by atoms with Crippen LogP contribution in [-0.4, -0.2) is 24.8 Å². The molecule has 4 N–H and O–H groups in total. The maximum atomic E-state index is 13.3. The highest BCUT2D eigenvalue weighted by atomic mass is 19.1. The van der Waals surface area contributed by atoms with Crippen molar-refractivity contribution in [1.82, 2.24) is 5.32 Å². The van der Waals surface area contributed by atoms with Crippen molar-refractivity contribution >= 4 is 0 Å². The normalized spacial score (nSPS) is 15.1. The number of nitrogens with two attached hydrogens (primary N) is 1. The minimum Gasteiger partial charge on any atom is -0.395 e. The molecule has 0 aromatic heterocycles. The largest absolute Gasteiger partial charge is 0.395 e. The second kappa shape index (κ2) is 5.05. The first-order valence-corrected chi connectivity index (χ1v) is 4.48. The molecule has 78 valence electrons. The van der Waals surface area contributed by atoms with Gasteiger partial charge in [0, 0.05) is 11.6 Å². The van der Waals surface area contributed by atoms with Gasteiger partial charge >= 0.3 is 0 Å². The molecule has 4 heteroatoms. The van der Waals surface area contributed by atoms with E-state index in [1.165, 1.54) is 6.07 Å². The van der Waals surface area contributed by atoms with E-state index in [4.69, 9.17) is 10.8 Å². The maximum absolute atomic E-state index is 13.3. The summed E-state index contributed by atoms with van der Waals surface area (Å²) < 4.78 is 13.3. The van der Waals surface area contributed by atoms with Crippen LogP contribution in [0.1, 0.15) is 11.6 Å². The fourth-order valence-electron chi connectivity index (χ4n) is 1.43. The highest BCUT2D eigenvalue weighted by Crippen LogP contribution is 2.18. The monoisotopic (exact) mass is 198 g/mol. The number of hydrogen-bond acceptors (Lipinski definition) is 3. The maximum Gasteiger partial charge on any atom is 0.128 e. The van der Waals surface area contributed by atoms with Crippen LogP contribution >= 0.6 is 0 Å². The summed E-state index contributed by atoms with van der Waals surface area (Å²) in [4.78, 5) is 0. The van der Waals surface area contributed by atoms with Crippen LogP contribution in [0, 0.1) is 5.82 Å². The molecular formula is C10H15FN2O. The van der Waals surface area contributed by atoms with E-state index in [1.54, 1.807) is 25.2 Å². The highest BCUT2D eigenvalue weighted by Gasteiger charge is 2.19. The molecule has 1 aromatic rings. The predicted molar refractivity (Wildman–Crippen MR) is 53.3 cm³/mol. The molecule has 0 amide bonds. The first-order valence-electron chi connectivity index (χ1n) is 4.48. The van der Waals surface area contributed by atoms with E-state index < -0.39 is 6.04 Å². The SMILES string of the molecule is CNC(c1ccccc1F)C(N)CO. The number of nitrogens with one attached hydrogen (secondary N) is 1. The predicted octanol–water partition coefficient (Wildman–Crippen LogP) is 0.406. The molecule has 2 unspecified atom stereocenters. The average Bonchev–Trinajstić information content (AvgIpc) is 2.21. The lowest BCUT2D eigenvalue weighted by molar-refractivity contribution is 0.239. The zero-order chi connectivity index (χ0) is 10.6. The van der Waals surface area contributed by atoms with Gasteiger partial charge in [0.2, 0.25) is 0 Å². The third kappa shape index (κ3) is 2.29. The molecule has 2 atom stereocenters. The number of aliphatic hydroxyl groups is 1. The molecule has 1 rings (SSSR count). The number of rotatable bonds is 4. The van der Waals surface area contributed by atoms with E-state index in [9.17, 15) is 4.39 Å². The van der Waals surface area contributed by atoms with Crippen LogP contribution in [0.3, 0.4) is 0 Å². The van der Waals surface area contributed by atoms with E-state index in [0.717, 1.165) is 0 Å². The van der Waals surface area contributed by atoms with Crippen LogP contribution < -0.4 is 11.1 Å². The van der Waals surface area contributed by atoms with Crippen molar-refractivity contribution in [1.29, 1.82) is 0 Å². The van der Waals surface area contributed by atoms with Crippen molar-refractivity contribution in [2.45, 2.75) is 12.1 Å². The topological polar surface area (TPSA) is 58.3 Å². The molecule has 0 aliphatic carbocycles. The average molecular weight is 198 g/mol. The minimum atomic E-state index is -0.503. The fraction of sp³-hybridized carbons (Fsp3) is 0.400. The van der Waals surface area contributed by atoms with Gasteiger partial charge < -0.3 is 16.2 Å². The van der Waals surface area contributed by atoms with Crippen LogP contribution in [0.2, 0.25) is 0 Å². The molecule has 0 fully saturated rings. The lowest BCUT2D eigenvalue weighted by Crippen LogP contribution is -2.39. The van der Waals surface area contributed by atoms with Gasteiger partial charge in [-0.05, 0) is 13.1 Å². The Kier molecular flexibility index (Phi) is 4.00. The van der Waals surface area contributed by atoms with E-state index >= 15 is 0 Å². The quantitative estimate of drug-likeness (QED) is 0.656. The number of likely N-dealkylation sites (N-methyl/N-ethyl adjacent to an activating group) is 1. The van der Waals surface area contributed by atoms with Crippen LogP contribution in [0.15, 0.2) is 24.3 Å². The number of aliphatic hydroxyl groups excluding tert-OH is 1. The van der Waals surface area contributed by atoms with Gasteiger partial charge in [-0.25, -0.2) is 4.39 Å². The van der Waals surface area contributed by atoms with Crippen LogP contribution in [0.25, 0.3) is 0 Å². The smallest absolute Gasteiger partial charge is 0.128 e. The highest BCUT2D eigenvalue weighted by molar-refractivity contribution is 5.22. The molecular weight excluding hydrogens is 183 g/mol. The van der Waals surface area contributed by atoms with Gasteiger partial charge in [0.1, 0.15) is 5.82 Å². The lowest BCUT2D eigenvalue weighted by Gasteiger charge is -2.22. The Morgan fingerprint density at radius 1 is 1.50 bits per heavy atom. The molecule has 1 aromatic carbocycles. The van der Waals surface area contributed by atoms with Crippen molar-refractivity contribution in [2.75, 3.05) is 13.7 Å². The first kappa shape index (κ1) is 11.1. The Morgan fingerprint density at radius 2 is 2.14 bits per heavy atom. The van der Waals surface area contributed by atoms with Crippen molar-refractivity contribution in [3.8, 4) is 0 Å². The second-order valence-corrected chi connectivity index (χ2v) is 3.13. The van der Waals surface area contributed by atoms with Gasteiger partial charge in [-0.3, -0.25) is 0 Å². The van der Waals surface area contributed by atoms with Gasteiger partial charge in [0.15, 0.2) is 0 Å². The molecule has 0 aliphatic heterocycles. The van der Waals surface area contributed by atoms with Crippen molar-refractivity contribution in [3.63, 3.8) is 0 Å². The molecule has 0 saturated carbocycles. The summed E-state index contributed by atoms with van der Waals surface area (Å²) in [6.45, 7) is -0.181. The second-order valence-electron chi connectivity index (χ2n) is 3.13. The third-order valence-corrected chi connectivity index (χ3v) is 2.19. The van der Waals surface area contributed by atoms with Gasteiger partial charge in [-0.2, -0.15) is 0 Å². The van der Waals surface area contributed by atoms with Crippen LogP contribution in [0.5, 0.6) is 0 Å². The van der Waals surface area contributed by atoms with Crippen LogP contribution in [0.4, 0.5) is 4.39 Å². The Labute approximate surface area is 82.7 Å². The summed E-state index contributed by atoms with van der Waals surface area (Å²) in [6, 6.07) is 5.54. The van der Waals surface area contributed by atoms with Gasteiger partial charge in [-0.15, -0.1) is 0 Å². The summed E-state index contributed by atoms with van der Waals surface area (Å²) in [5.41, 5.74) is 6.13. The number of hydrogen-bond donors (Lipinski definition) is 3. The molecule has 0 radical (unpaired) electrons. The summed E-state index contributed by atoms with van der Waals surface area (Å²) >= 11 is 0. The zero-order valence-corrected chi connectivity index (χ0v) is 8.07. The summed E-state index contributed by atoms with van der Waals surface area (Å²) in [5, 5.41) is 11.8. The molecule has 14 heavy (non-hydrogen) atoms. The molecule has 0 saturated heterocycles. The summed E-state index contributed by atoms with van der Waals surface area (Å²) in [7, 11) is 1.69. The standard InChI is InChI=1S/C10H15FN2O/c1-13-10(9(12)6-14)7-4-2-3-5-8(7)11/h2-5,9-10,13-14H,6,12H2,1H3. The van der Waals surface area contributed by atoms with E-state index in [0.29, 0.717) is 5.56 Å². The number of halogens is 1. The zero-order valence-electron chi connectivity index (χ0n) is 8.07. The Bertz CT molecular complexity index is 293. The van der Waals surface area contributed by atoms with Gasteiger partial charge in [0.05, 0.1) is 12.6 Å². The third-order valence-electron chi connectivity index (χ3n) is 2.19. The van der Waals surface area contributed by atoms with Crippen molar-refractivity contribution < 1.29 is 9.50 Å². The molecule has 3 nitrogen and oxygen atoms in total. The van der Waals surface area contributed by atoms with Crippen LogP contribution in [-0.2, 0) is 0 Å². The van der Waals surface area contributed by atoms with Gasteiger partial charge in [-0.1, -0.05) is 18.2 Å². The fourth-order valence-corrected chi connectivity index (χ4v) is 1.43. The minimum absolute atomic E-state index is 0.181. The van der Waals surface area contributed by atoms with E-state index in [1.807, 2.05) is 0 Å². The molecule has 0 spiro atoms. The Balaban J connectivity index is 2.94. The molecule has 0 bridgehead atoms. The summed E-state index contributed by atoms with van der Waals surface area (Å²) in [5.74, 6) is -0.309. The Morgan fingerprint density at radius 3 is 2.64 bits per heavy atom. The number of benzene rings is 1. The van der Waals surface area contributed by atoms with E-state index in [-0.39, 0.29) is 18.5 Å². The Hall–Kier alpha value is -0.970.